The van der Waals surface area contributed by atoms with Gasteiger partial charge < -0.3 is 15.4 Å². The number of allylic oxidation sites excluding steroid dienone is 6. The maximum absolute atomic E-state index is 9.75. The zero-order valence-corrected chi connectivity index (χ0v) is 11.0. The molecule has 0 aliphatic carbocycles. The lowest BCUT2D eigenvalue weighted by molar-refractivity contribution is -0.742. The van der Waals surface area contributed by atoms with Gasteiger partial charge in [0.25, 0.3) is 5.09 Å². The Labute approximate surface area is 115 Å². The van der Waals surface area contributed by atoms with E-state index < -0.39 is 17.0 Å². The fourth-order valence-electron chi connectivity index (χ4n) is 0.498. The van der Waals surface area contributed by atoms with Crippen LogP contribution in [-0.4, -0.2) is 32.4 Å². The van der Waals surface area contributed by atoms with E-state index >= 15 is 0 Å². The van der Waals surface area contributed by atoms with Gasteiger partial charge in [0.05, 0.1) is 0 Å². The highest BCUT2D eigenvalue weighted by molar-refractivity contribution is 5.80. The van der Waals surface area contributed by atoms with Crippen molar-refractivity contribution < 1.29 is 30.1 Å². The third-order valence-electron chi connectivity index (χ3n) is 1.08. The summed E-state index contributed by atoms with van der Waals surface area (Å²) in [7, 11) is 0. The average Bonchev–Trinajstić information content (AvgIpc) is 2.29. The maximum Gasteiger partial charge on any atom is 0.328 e. The molecule has 20 heavy (non-hydrogen) atoms. The Balaban J connectivity index is -0.000000230. The lowest BCUT2D eigenvalue weighted by atomic mass is 10.4. The minimum absolute atomic E-state index is 0.914. The Morgan fingerprint density at radius 2 is 1.15 bits per heavy atom. The molecule has 0 spiro atoms. The summed E-state index contributed by atoms with van der Waals surface area (Å²) in [6.45, 7) is 3.65. The molecule has 0 amide bonds. The monoisotopic (exact) mass is 287 g/mol. The predicted molar refractivity (Wildman–Crippen MR) is 72.0 cm³/mol. The smallest absolute Gasteiger partial charge is 0.328 e. The van der Waals surface area contributed by atoms with Crippen LogP contribution in [0.5, 0.6) is 0 Å². The Hall–Kier alpha value is -2.90. The molecule has 0 aliphatic rings. The Kier molecular flexibility index (Phi) is 20.6. The normalized spacial score (nSPS) is 10.1. The summed E-state index contributed by atoms with van der Waals surface area (Å²) >= 11 is 0. The van der Waals surface area contributed by atoms with Gasteiger partial charge in [-0.15, -0.1) is 10.1 Å². The van der Waals surface area contributed by atoms with Crippen LogP contribution in [0.15, 0.2) is 48.6 Å². The van der Waals surface area contributed by atoms with Gasteiger partial charge in [0, 0.05) is 12.2 Å². The summed E-state index contributed by atoms with van der Waals surface area (Å²) < 4.78 is 0. The number of nitrogens with zero attached hydrogens (tertiary/aromatic N) is 1. The number of rotatable bonds is 4. The van der Waals surface area contributed by atoms with Crippen LogP contribution in [0.1, 0.15) is 13.8 Å². The molecule has 8 heteroatoms. The summed E-state index contributed by atoms with van der Waals surface area (Å²) in [6.07, 6.45) is 12.0. The first-order valence-corrected chi connectivity index (χ1v) is 5.15. The molecule has 8 nitrogen and oxygen atoms in total. The van der Waals surface area contributed by atoms with Crippen LogP contribution in [-0.2, 0) is 9.59 Å². The Bertz CT molecular complexity index is 359. The number of carboxylic acids is 2. The predicted octanol–water partition coefficient (Wildman–Crippen LogP) is 2.06. The highest BCUT2D eigenvalue weighted by atomic mass is 16.9. The molecule has 0 aromatic heterocycles. The number of hydrogen-bond acceptors (Lipinski definition) is 4. The van der Waals surface area contributed by atoms with Gasteiger partial charge in [0.15, 0.2) is 0 Å². The van der Waals surface area contributed by atoms with Crippen molar-refractivity contribution in [1.29, 1.82) is 0 Å². The second kappa shape index (κ2) is 18.5. The largest absolute Gasteiger partial charge is 0.478 e. The molecule has 0 aliphatic heterocycles. The van der Waals surface area contributed by atoms with E-state index in [-0.39, 0.29) is 0 Å². The molecule has 0 aromatic rings. The first-order valence-electron chi connectivity index (χ1n) is 5.15. The number of carboxylic acid groups (broad SMARTS) is 2. The Morgan fingerprint density at radius 1 is 0.900 bits per heavy atom. The van der Waals surface area contributed by atoms with Gasteiger partial charge in [-0.05, 0) is 13.8 Å². The van der Waals surface area contributed by atoms with Crippen molar-refractivity contribution in [1.82, 2.24) is 0 Å². The third kappa shape index (κ3) is 59.6. The first-order chi connectivity index (χ1) is 9.27. The zero-order chi connectivity index (χ0) is 16.4. The van der Waals surface area contributed by atoms with E-state index in [1.165, 1.54) is 12.2 Å². The topological polar surface area (TPSA) is 138 Å². The van der Waals surface area contributed by atoms with Gasteiger partial charge in [-0.1, -0.05) is 36.5 Å². The summed E-state index contributed by atoms with van der Waals surface area (Å²) in [5.74, 6) is -1.83. The van der Waals surface area contributed by atoms with Crippen LogP contribution < -0.4 is 0 Å². The second-order valence-corrected chi connectivity index (χ2v) is 2.68. The van der Waals surface area contributed by atoms with E-state index in [0.29, 0.717) is 0 Å². The molecule has 0 fully saturated rings. The molecule has 112 valence electrons. The fraction of sp³-hybridized carbons (Fsp3) is 0.167. The fourth-order valence-corrected chi connectivity index (χ4v) is 0.498. The van der Waals surface area contributed by atoms with Crippen LogP contribution in [0.4, 0.5) is 0 Å². The zero-order valence-electron chi connectivity index (χ0n) is 11.0. The van der Waals surface area contributed by atoms with Gasteiger partial charge in [-0.3, -0.25) is 0 Å². The van der Waals surface area contributed by atoms with Crippen molar-refractivity contribution in [2.45, 2.75) is 13.8 Å². The summed E-state index contributed by atoms with van der Waals surface area (Å²) in [6, 6.07) is 0. The second-order valence-electron chi connectivity index (χ2n) is 2.68. The molecule has 3 N–H and O–H groups in total. The highest BCUT2D eigenvalue weighted by Crippen LogP contribution is 1.75. The minimum atomic E-state index is -1.50. The lowest BCUT2D eigenvalue weighted by Crippen LogP contribution is -1.83. The molecule has 0 atom stereocenters. The van der Waals surface area contributed by atoms with E-state index in [1.54, 1.807) is 24.3 Å². The molecular formula is C12H17NO7. The molecule has 0 radical (unpaired) electrons. The van der Waals surface area contributed by atoms with Crippen LogP contribution in [0, 0.1) is 10.1 Å². The van der Waals surface area contributed by atoms with Crippen molar-refractivity contribution in [3.8, 4) is 0 Å². The van der Waals surface area contributed by atoms with Gasteiger partial charge in [0.2, 0.25) is 0 Å². The summed E-state index contributed by atoms with van der Waals surface area (Å²) in [5, 5.41) is 29.7. The molecule has 0 aromatic carbocycles. The van der Waals surface area contributed by atoms with Gasteiger partial charge in [-0.25, -0.2) is 9.59 Å². The van der Waals surface area contributed by atoms with Crippen LogP contribution in [0.2, 0.25) is 0 Å². The first kappa shape index (κ1) is 22.3. The Morgan fingerprint density at radius 3 is 1.30 bits per heavy atom. The van der Waals surface area contributed by atoms with Crippen molar-refractivity contribution >= 4 is 11.9 Å². The SMILES string of the molecule is C/C=C/C=C/C(=O)O.C/C=C/C=C/C(=O)O.O=[N+]([O-])O. The highest BCUT2D eigenvalue weighted by Gasteiger charge is 1.79. The number of aliphatic carboxylic acids is 2. The van der Waals surface area contributed by atoms with Crippen molar-refractivity contribution in [3.63, 3.8) is 0 Å². The van der Waals surface area contributed by atoms with Crippen LogP contribution in [0.25, 0.3) is 0 Å². The van der Waals surface area contributed by atoms with E-state index in [2.05, 4.69) is 0 Å². The standard InChI is InChI=1S/2C6H8O2.HNO3/c2*1-2-3-4-5-6(7)8;2-1(3)4/h2*2-5H,1H3,(H,7,8);(H,2,3,4)/b2*3-2+,5-4+;. The van der Waals surface area contributed by atoms with Crippen LogP contribution in [0.3, 0.4) is 0 Å². The summed E-state index contributed by atoms with van der Waals surface area (Å²) in [4.78, 5) is 27.9. The van der Waals surface area contributed by atoms with Gasteiger partial charge in [0.1, 0.15) is 0 Å². The molecule has 0 saturated heterocycles. The molecule has 0 saturated carbocycles. The number of carbonyl (C=O) groups is 2. The van der Waals surface area contributed by atoms with Gasteiger partial charge >= 0.3 is 11.9 Å². The molecular weight excluding hydrogens is 270 g/mol. The number of hydrogen-bond donors (Lipinski definition) is 3. The lowest BCUT2D eigenvalue weighted by Gasteiger charge is -1.72. The summed E-state index contributed by atoms with van der Waals surface area (Å²) in [5.41, 5.74) is 0. The molecule has 0 heterocycles. The van der Waals surface area contributed by atoms with E-state index in [1.807, 2.05) is 13.8 Å². The maximum atomic E-state index is 9.75. The molecule has 0 rings (SSSR count). The third-order valence-corrected chi connectivity index (χ3v) is 1.08. The van der Waals surface area contributed by atoms with E-state index in [0.717, 1.165) is 12.2 Å². The van der Waals surface area contributed by atoms with Crippen molar-refractivity contribution in [2.75, 3.05) is 0 Å². The average molecular weight is 287 g/mol. The van der Waals surface area contributed by atoms with Crippen molar-refractivity contribution in [3.05, 3.63) is 58.7 Å². The van der Waals surface area contributed by atoms with Crippen LogP contribution >= 0.6 is 0 Å². The quantitative estimate of drug-likeness (QED) is 0.311. The minimum Gasteiger partial charge on any atom is -0.478 e. The molecule has 0 unspecified atom stereocenters. The van der Waals surface area contributed by atoms with E-state index in [4.69, 9.17) is 25.5 Å². The molecule has 0 bridgehead atoms. The van der Waals surface area contributed by atoms with Crippen molar-refractivity contribution in [2.24, 2.45) is 0 Å². The van der Waals surface area contributed by atoms with Gasteiger partial charge in [-0.2, -0.15) is 0 Å². The van der Waals surface area contributed by atoms with E-state index in [9.17, 15) is 9.59 Å².